The Bertz CT molecular complexity index is 1200. The molecule has 4 rings (SSSR count). The van der Waals surface area contributed by atoms with Gasteiger partial charge in [0.1, 0.15) is 12.6 Å². The van der Waals surface area contributed by atoms with E-state index in [4.69, 9.17) is 9.47 Å². The van der Waals surface area contributed by atoms with E-state index >= 15 is 0 Å². The molecule has 0 saturated carbocycles. The van der Waals surface area contributed by atoms with Crippen LogP contribution in [0.25, 0.3) is 11.1 Å². The molecule has 0 bridgehead atoms. The Morgan fingerprint density at radius 3 is 2.56 bits per heavy atom. The molecule has 1 aliphatic heterocycles. The maximum atomic E-state index is 13.3. The number of Topliss-reactive ketones (excluding diaryl/α,β-unsaturated/α-hetero) is 1. The minimum Gasteiger partial charge on any atom is -0.503 e. The van der Waals surface area contributed by atoms with Crippen LogP contribution >= 0.6 is 11.3 Å². The summed E-state index contributed by atoms with van der Waals surface area (Å²) in [4.78, 5) is 32.2. The van der Waals surface area contributed by atoms with Crippen molar-refractivity contribution in [2.45, 2.75) is 19.9 Å². The quantitative estimate of drug-likeness (QED) is 0.437. The summed E-state index contributed by atoms with van der Waals surface area (Å²) in [5.41, 5.74) is 3.21. The molecule has 3 heterocycles. The average Bonchev–Trinajstić information content (AvgIpc) is 3.47. The standard InChI is InChI=1S/C26H26N2O5S/c1-16(2)23(29)21-22(20-5-4-11-27-25(20)33-13-12-32-3)28(26(31)24(21)30)19-8-6-17(7-9-19)18-10-14-34-15-18/h4-11,14-16,22,30H,12-13H2,1-3H3. The normalized spacial score (nSPS) is 15.9. The molecule has 1 aromatic carbocycles. The van der Waals surface area contributed by atoms with Gasteiger partial charge in [-0.15, -0.1) is 0 Å². The largest absolute Gasteiger partial charge is 0.503 e. The molecule has 1 aliphatic rings. The van der Waals surface area contributed by atoms with Crippen molar-refractivity contribution in [3.63, 3.8) is 0 Å². The SMILES string of the molecule is COCCOc1ncccc1C1C(C(=O)C(C)C)=C(O)C(=O)N1c1ccc(-c2ccsc2)cc1. The predicted octanol–water partition coefficient (Wildman–Crippen LogP) is 4.96. The van der Waals surface area contributed by atoms with Crippen LogP contribution in [0.15, 0.2) is 70.8 Å². The molecule has 176 valence electrons. The Hall–Kier alpha value is -3.49. The van der Waals surface area contributed by atoms with Gasteiger partial charge >= 0.3 is 0 Å². The second kappa shape index (κ2) is 10.2. The lowest BCUT2D eigenvalue weighted by Crippen LogP contribution is -2.32. The zero-order valence-corrected chi connectivity index (χ0v) is 20.0. The van der Waals surface area contributed by atoms with Gasteiger partial charge in [-0.3, -0.25) is 14.5 Å². The number of nitrogens with zero attached hydrogens (tertiary/aromatic N) is 2. The van der Waals surface area contributed by atoms with E-state index < -0.39 is 23.6 Å². The van der Waals surface area contributed by atoms with Crippen LogP contribution in [0.5, 0.6) is 5.88 Å². The number of aromatic nitrogens is 1. The predicted molar refractivity (Wildman–Crippen MR) is 131 cm³/mol. The average molecular weight is 479 g/mol. The van der Waals surface area contributed by atoms with Crippen LogP contribution in [-0.4, -0.2) is 42.1 Å². The molecule has 7 nitrogen and oxygen atoms in total. The number of aliphatic hydroxyl groups is 1. The first kappa shape index (κ1) is 23.7. The number of aliphatic hydroxyl groups excluding tert-OH is 1. The van der Waals surface area contributed by atoms with Gasteiger partial charge in [0.05, 0.1) is 12.2 Å². The van der Waals surface area contributed by atoms with Gasteiger partial charge in [-0.1, -0.05) is 26.0 Å². The van der Waals surface area contributed by atoms with Gasteiger partial charge < -0.3 is 14.6 Å². The van der Waals surface area contributed by atoms with Crippen molar-refractivity contribution in [3.05, 3.63) is 76.3 Å². The third-order valence-corrected chi connectivity index (χ3v) is 6.30. The maximum absolute atomic E-state index is 13.3. The van der Waals surface area contributed by atoms with Crippen molar-refractivity contribution >= 4 is 28.7 Å². The molecule has 0 saturated heterocycles. The molecule has 1 unspecified atom stereocenters. The molecule has 8 heteroatoms. The molecule has 0 fully saturated rings. The molecule has 0 spiro atoms. The van der Waals surface area contributed by atoms with Gasteiger partial charge in [-0.25, -0.2) is 4.98 Å². The number of methoxy groups -OCH3 is 1. The second-order valence-corrected chi connectivity index (χ2v) is 8.94. The zero-order chi connectivity index (χ0) is 24.2. The molecule has 3 aromatic rings. The lowest BCUT2D eigenvalue weighted by molar-refractivity contribution is -0.119. The summed E-state index contributed by atoms with van der Waals surface area (Å²) < 4.78 is 10.9. The van der Waals surface area contributed by atoms with Gasteiger partial charge in [0.25, 0.3) is 5.91 Å². The minimum atomic E-state index is -0.874. The van der Waals surface area contributed by atoms with Gasteiger partial charge in [-0.2, -0.15) is 11.3 Å². The van der Waals surface area contributed by atoms with Crippen molar-refractivity contribution in [3.8, 4) is 17.0 Å². The van der Waals surface area contributed by atoms with E-state index in [1.54, 1.807) is 50.6 Å². The molecule has 1 amide bonds. The van der Waals surface area contributed by atoms with Crippen molar-refractivity contribution in [1.82, 2.24) is 4.98 Å². The van der Waals surface area contributed by atoms with E-state index in [9.17, 15) is 14.7 Å². The van der Waals surface area contributed by atoms with Crippen molar-refractivity contribution in [1.29, 1.82) is 0 Å². The highest BCUT2D eigenvalue weighted by Crippen LogP contribution is 2.44. The number of rotatable bonds is 9. The first-order valence-electron chi connectivity index (χ1n) is 10.9. The van der Waals surface area contributed by atoms with Crippen LogP contribution < -0.4 is 9.64 Å². The molecular weight excluding hydrogens is 452 g/mol. The summed E-state index contributed by atoms with van der Waals surface area (Å²) >= 11 is 1.61. The van der Waals surface area contributed by atoms with Crippen LogP contribution in [0.1, 0.15) is 25.5 Å². The van der Waals surface area contributed by atoms with Crippen molar-refractivity contribution < 1.29 is 24.2 Å². The van der Waals surface area contributed by atoms with Crippen molar-refractivity contribution in [2.24, 2.45) is 5.92 Å². The molecule has 34 heavy (non-hydrogen) atoms. The molecule has 2 aromatic heterocycles. The van der Waals surface area contributed by atoms with Gasteiger partial charge in [0.15, 0.2) is 11.5 Å². The van der Waals surface area contributed by atoms with E-state index in [0.717, 1.165) is 11.1 Å². The Morgan fingerprint density at radius 2 is 1.91 bits per heavy atom. The number of hydrogen-bond acceptors (Lipinski definition) is 7. The van der Waals surface area contributed by atoms with E-state index in [-0.39, 0.29) is 23.8 Å². The number of carbonyl (C=O) groups is 2. The van der Waals surface area contributed by atoms with Crippen LogP contribution in [0.2, 0.25) is 0 Å². The topological polar surface area (TPSA) is 89.0 Å². The number of pyridine rings is 1. The molecular formula is C26H26N2O5S. The van der Waals surface area contributed by atoms with E-state index in [0.29, 0.717) is 17.9 Å². The van der Waals surface area contributed by atoms with E-state index in [2.05, 4.69) is 4.98 Å². The smallest absolute Gasteiger partial charge is 0.294 e. The molecule has 0 radical (unpaired) electrons. The van der Waals surface area contributed by atoms with Crippen molar-refractivity contribution in [2.75, 3.05) is 25.2 Å². The highest BCUT2D eigenvalue weighted by molar-refractivity contribution is 7.08. The van der Waals surface area contributed by atoms with Gasteiger partial charge in [0.2, 0.25) is 5.88 Å². The monoisotopic (exact) mass is 478 g/mol. The zero-order valence-electron chi connectivity index (χ0n) is 19.2. The summed E-state index contributed by atoms with van der Waals surface area (Å²) in [6.45, 7) is 4.08. The summed E-state index contributed by atoms with van der Waals surface area (Å²) in [6, 6.07) is 12.1. The Balaban J connectivity index is 1.80. The fourth-order valence-electron chi connectivity index (χ4n) is 3.93. The minimum absolute atomic E-state index is 0.0477. The maximum Gasteiger partial charge on any atom is 0.294 e. The summed E-state index contributed by atoms with van der Waals surface area (Å²) in [5.74, 6) is -1.62. The van der Waals surface area contributed by atoms with Crippen LogP contribution in [0.3, 0.4) is 0 Å². The first-order chi connectivity index (χ1) is 16.4. The molecule has 1 atom stereocenters. The number of hydrogen-bond donors (Lipinski definition) is 1. The number of ketones is 1. The highest BCUT2D eigenvalue weighted by atomic mass is 32.1. The van der Waals surface area contributed by atoms with Gasteiger partial charge in [-0.05, 0) is 52.2 Å². The molecule has 0 aliphatic carbocycles. The fraction of sp³-hybridized carbons (Fsp3) is 0.269. The first-order valence-corrected chi connectivity index (χ1v) is 11.9. The lowest BCUT2D eigenvalue weighted by atomic mass is 9.91. The number of benzene rings is 1. The highest BCUT2D eigenvalue weighted by Gasteiger charge is 2.46. The van der Waals surface area contributed by atoms with E-state index in [1.807, 2.05) is 41.1 Å². The van der Waals surface area contributed by atoms with E-state index in [1.165, 1.54) is 4.90 Å². The number of anilines is 1. The van der Waals surface area contributed by atoms with Crippen LogP contribution in [-0.2, 0) is 14.3 Å². The lowest BCUT2D eigenvalue weighted by Gasteiger charge is -2.28. The Kier molecular flexibility index (Phi) is 7.09. The number of amides is 1. The molecule has 1 N–H and O–H groups in total. The number of thiophene rings is 1. The Morgan fingerprint density at radius 1 is 1.15 bits per heavy atom. The summed E-state index contributed by atoms with van der Waals surface area (Å²) in [6.07, 6.45) is 1.58. The van der Waals surface area contributed by atoms with Crippen LogP contribution in [0.4, 0.5) is 5.69 Å². The summed E-state index contributed by atoms with van der Waals surface area (Å²) in [5, 5.41) is 14.9. The van der Waals surface area contributed by atoms with Gasteiger partial charge in [0, 0.05) is 30.5 Å². The number of ether oxygens (including phenoxy) is 2. The second-order valence-electron chi connectivity index (χ2n) is 8.16. The van der Waals surface area contributed by atoms with Crippen LogP contribution in [0, 0.1) is 5.92 Å². The fourth-order valence-corrected chi connectivity index (χ4v) is 4.59. The third kappa shape index (κ3) is 4.47. The summed E-state index contributed by atoms with van der Waals surface area (Å²) in [7, 11) is 1.57. The Labute approximate surface area is 202 Å². The number of carbonyl (C=O) groups excluding carboxylic acids is 2. The third-order valence-electron chi connectivity index (χ3n) is 5.62.